The van der Waals surface area contributed by atoms with Crippen molar-refractivity contribution in [1.29, 1.82) is 0 Å². The number of benzene rings is 1. The molecule has 0 aliphatic rings. The van der Waals surface area contributed by atoms with E-state index in [4.69, 9.17) is 38.1 Å². The van der Waals surface area contributed by atoms with Gasteiger partial charge in [-0.25, -0.2) is 0 Å². The Bertz CT molecular complexity index is 511. The Morgan fingerprint density at radius 3 is 2.76 bits per heavy atom. The molecule has 0 amide bonds. The molecule has 0 aliphatic heterocycles. The molecule has 0 radical (unpaired) electrons. The predicted octanol–water partition coefficient (Wildman–Crippen LogP) is 3.62. The third kappa shape index (κ3) is 3.16. The minimum absolute atomic E-state index is 0.292. The summed E-state index contributed by atoms with van der Waals surface area (Å²) in [5.41, 5.74) is 6.41. The molecule has 2 N–H and O–H groups in total. The third-order valence-corrected chi connectivity index (χ3v) is 2.75. The quantitative estimate of drug-likeness (QED) is 0.924. The largest absolute Gasteiger partial charge is 0.484 e. The van der Waals surface area contributed by atoms with E-state index in [2.05, 4.69) is 0 Å². The van der Waals surface area contributed by atoms with Crippen molar-refractivity contribution in [2.45, 2.75) is 13.2 Å². The van der Waals surface area contributed by atoms with E-state index in [0.29, 0.717) is 34.7 Å². The van der Waals surface area contributed by atoms with E-state index in [-0.39, 0.29) is 0 Å². The van der Waals surface area contributed by atoms with Gasteiger partial charge in [0.15, 0.2) is 0 Å². The maximum atomic E-state index is 5.96. The van der Waals surface area contributed by atoms with Crippen LogP contribution in [0.5, 0.6) is 5.75 Å². The second-order valence-corrected chi connectivity index (χ2v) is 4.33. The summed E-state index contributed by atoms with van der Waals surface area (Å²) in [5.74, 6) is 1.23. The Balaban J connectivity index is 2.04. The summed E-state index contributed by atoms with van der Waals surface area (Å²) in [6.45, 7) is 0.738. The summed E-state index contributed by atoms with van der Waals surface area (Å²) in [5, 5.41) is 1.09. The Morgan fingerprint density at radius 2 is 2.06 bits per heavy atom. The van der Waals surface area contributed by atoms with Gasteiger partial charge < -0.3 is 14.9 Å². The van der Waals surface area contributed by atoms with Crippen LogP contribution < -0.4 is 10.5 Å². The fraction of sp³-hybridized carbons (Fsp3) is 0.167. The molecule has 2 rings (SSSR count). The lowest BCUT2D eigenvalue weighted by molar-refractivity contribution is 0.270. The molecule has 1 heterocycles. The fourth-order valence-electron chi connectivity index (χ4n) is 1.35. The van der Waals surface area contributed by atoms with Crippen LogP contribution in [0.4, 0.5) is 0 Å². The van der Waals surface area contributed by atoms with Crippen molar-refractivity contribution in [3.05, 3.63) is 51.9 Å². The molecule has 0 bridgehead atoms. The van der Waals surface area contributed by atoms with E-state index in [0.717, 1.165) is 5.56 Å². The van der Waals surface area contributed by atoms with Crippen LogP contribution in [0.25, 0.3) is 0 Å². The van der Waals surface area contributed by atoms with E-state index in [1.54, 1.807) is 24.5 Å². The zero-order valence-corrected chi connectivity index (χ0v) is 10.5. The molecule has 17 heavy (non-hydrogen) atoms. The van der Waals surface area contributed by atoms with Crippen LogP contribution in [-0.2, 0) is 13.2 Å². The summed E-state index contributed by atoms with van der Waals surface area (Å²) in [6, 6.07) is 6.90. The van der Waals surface area contributed by atoms with E-state index in [1.807, 2.05) is 6.07 Å². The lowest BCUT2D eigenvalue weighted by Crippen LogP contribution is -1.95. The van der Waals surface area contributed by atoms with Gasteiger partial charge in [0.1, 0.15) is 18.1 Å². The smallest absolute Gasteiger partial charge is 0.146 e. The summed E-state index contributed by atoms with van der Waals surface area (Å²) in [6.07, 6.45) is 1.61. The van der Waals surface area contributed by atoms with Crippen molar-refractivity contribution in [3.63, 3.8) is 0 Å². The maximum absolute atomic E-state index is 5.96. The molecular weight excluding hydrogens is 261 g/mol. The zero-order chi connectivity index (χ0) is 12.3. The van der Waals surface area contributed by atoms with Gasteiger partial charge in [-0.3, -0.25) is 0 Å². The van der Waals surface area contributed by atoms with Crippen LogP contribution in [0.15, 0.2) is 34.9 Å². The van der Waals surface area contributed by atoms with Gasteiger partial charge in [-0.05, 0) is 18.2 Å². The highest BCUT2D eigenvalue weighted by molar-refractivity contribution is 6.34. The molecule has 0 saturated heterocycles. The van der Waals surface area contributed by atoms with Gasteiger partial charge in [-0.2, -0.15) is 0 Å². The topological polar surface area (TPSA) is 48.4 Å². The first-order valence-corrected chi connectivity index (χ1v) is 5.79. The molecule has 90 valence electrons. The maximum Gasteiger partial charge on any atom is 0.146 e. The summed E-state index contributed by atoms with van der Waals surface area (Å²) in [4.78, 5) is 0. The number of furan rings is 1. The van der Waals surface area contributed by atoms with Crippen LogP contribution >= 0.6 is 23.2 Å². The first-order chi connectivity index (χ1) is 8.19. The van der Waals surface area contributed by atoms with Crippen LogP contribution in [0.2, 0.25) is 10.0 Å². The average molecular weight is 272 g/mol. The van der Waals surface area contributed by atoms with Gasteiger partial charge in [0.25, 0.3) is 0 Å². The van der Waals surface area contributed by atoms with Gasteiger partial charge in [0.2, 0.25) is 0 Å². The number of hydrogen-bond acceptors (Lipinski definition) is 3. The highest BCUT2D eigenvalue weighted by Crippen LogP contribution is 2.28. The van der Waals surface area contributed by atoms with Crippen LogP contribution in [-0.4, -0.2) is 0 Å². The molecule has 0 spiro atoms. The van der Waals surface area contributed by atoms with Gasteiger partial charge in [-0.1, -0.05) is 23.2 Å². The van der Waals surface area contributed by atoms with E-state index in [1.165, 1.54) is 0 Å². The van der Waals surface area contributed by atoms with Crippen molar-refractivity contribution in [2.24, 2.45) is 5.73 Å². The molecule has 0 unspecified atom stereocenters. The molecule has 1 aromatic carbocycles. The molecule has 1 aromatic heterocycles. The Kier molecular flexibility index (Phi) is 3.94. The van der Waals surface area contributed by atoms with Crippen molar-refractivity contribution in [1.82, 2.24) is 0 Å². The van der Waals surface area contributed by atoms with Crippen molar-refractivity contribution in [2.75, 3.05) is 0 Å². The van der Waals surface area contributed by atoms with Crippen LogP contribution in [0.3, 0.4) is 0 Å². The van der Waals surface area contributed by atoms with E-state index >= 15 is 0 Å². The zero-order valence-electron chi connectivity index (χ0n) is 8.95. The fourth-order valence-corrected chi connectivity index (χ4v) is 1.68. The molecule has 3 nitrogen and oxygen atoms in total. The number of nitrogens with two attached hydrogens (primary N) is 1. The Hall–Kier alpha value is -1.16. The van der Waals surface area contributed by atoms with Crippen molar-refractivity contribution >= 4 is 23.2 Å². The van der Waals surface area contributed by atoms with Gasteiger partial charge in [0, 0.05) is 23.2 Å². The number of hydrogen-bond donors (Lipinski definition) is 1. The molecule has 0 atom stereocenters. The minimum atomic E-state index is 0.292. The van der Waals surface area contributed by atoms with Crippen molar-refractivity contribution in [3.8, 4) is 5.75 Å². The molecule has 5 heteroatoms. The number of ether oxygens (including phenoxy) is 1. The monoisotopic (exact) mass is 271 g/mol. The summed E-state index contributed by atoms with van der Waals surface area (Å²) in [7, 11) is 0. The normalized spacial score (nSPS) is 10.5. The Labute approximate surface area is 109 Å². The van der Waals surface area contributed by atoms with Gasteiger partial charge in [-0.15, -0.1) is 0 Å². The second kappa shape index (κ2) is 5.45. The number of rotatable bonds is 4. The minimum Gasteiger partial charge on any atom is -0.484 e. The van der Waals surface area contributed by atoms with Gasteiger partial charge in [0.05, 0.1) is 11.3 Å². The molecule has 0 aliphatic carbocycles. The second-order valence-electron chi connectivity index (χ2n) is 3.49. The third-order valence-electron chi connectivity index (χ3n) is 2.21. The first-order valence-electron chi connectivity index (χ1n) is 5.03. The molecule has 0 saturated carbocycles. The SMILES string of the molecule is NCc1coc(COc2cc(Cl)ccc2Cl)c1. The van der Waals surface area contributed by atoms with Crippen LogP contribution in [0.1, 0.15) is 11.3 Å². The average Bonchev–Trinajstić information content (AvgIpc) is 2.78. The summed E-state index contributed by atoms with van der Waals surface area (Å²) < 4.78 is 10.8. The number of halogens is 2. The predicted molar refractivity (Wildman–Crippen MR) is 67.4 cm³/mol. The van der Waals surface area contributed by atoms with Crippen LogP contribution in [0, 0.1) is 0 Å². The highest BCUT2D eigenvalue weighted by atomic mass is 35.5. The van der Waals surface area contributed by atoms with E-state index in [9.17, 15) is 0 Å². The lowest BCUT2D eigenvalue weighted by Gasteiger charge is -2.06. The molecule has 2 aromatic rings. The van der Waals surface area contributed by atoms with E-state index < -0.39 is 0 Å². The standard InChI is InChI=1S/C12H11Cl2NO2/c13-9-1-2-11(14)12(4-9)17-7-10-3-8(5-15)6-16-10/h1-4,6H,5,7,15H2. The molecular formula is C12H11Cl2NO2. The van der Waals surface area contributed by atoms with Gasteiger partial charge >= 0.3 is 0 Å². The summed E-state index contributed by atoms with van der Waals surface area (Å²) >= 11 is 11.8. The lowest BCUT2D eigenvalue weighted by atomic mass is 10.3. The Morgan fingerprint density at radius 1 is 1.24 bits per heavy atom. The highest BCUT2D eigenvalue weighted by Gasteiger charge is 2.05. The van der Waals surface area contributed by atoms with Crippen molar-refractivity contribution < 1.29 is 9.15 Å². The first kappa shape index (κ1) is 12.3. The molecule has 0 fully saturated rings.